The van der Waals surface area contributed by atoms with E-state index in [0.717, 1.165) is 25.9 Å². The number of halogens is 1. The molecule has 0 radical (unpaired) electrons. The van der Waals surface area contributed by atoms with Gasteiger partial charge in [0.05, 0.1) is 7.11 Å². The molecule has 0 bridgehead atoms. The van der Waals surface area contributed by atoms with Crippen LogP contribution in [0.4, 0.5) is 4.39 Å². The third kappa shape index (κ3) is 5.92. The van der Waals surface area contributed by atoms with E-state index < -0.39 is 0 Å². The van der Waals surface area contributed by atoms with Gasteiger partial charge < -0.3 is 10.1 Å². The lowest BCUT2D eigenvalue weighted by molar-refractivity contribution is -0.140. The molecule has 24 heavy (non-hydrogen) atoms. The molecule has 1 aliphatic heterocycles. The van der Waals surface area contributed by atoms with Crippen molar-refractivity contribution in [3.63, 3.8) is 0 Å². The summed E-state index contributed by atoms with van der Waals surface area (Å²) in [6, 6.07) is 6.87. The number of rotatable bonds is 7. The maximum Gasteiger partial charge on any atom is 0.305 e. The predicted molar refractivity (Wildman–Crippen MR) is 88.7 cm³/mol. The van der Waals surface area contributed by atoms with Gasteiger partial charge in [0.2, 0.25) is 5.91 Å². The van der Waals surface area contributed by atoms with E-state index in [1.807, 2.05) is 6.07 Å². The van der Waals surface area contributed by atoms with Crippen molar-refractivity contribution in [3.8, 4) is 0 Å². The zero-order chi connectivity index (χ0) is 17.4. The second kappa shape index (κ2) is 9.37. The zero-order valence-electron chi connectivity index (χ0n) is 14.1. The molecule has 1 heterocycles. The van der Waals surface area contributed by atoms with E-state index in [-0.39, 0.29) is 30.2 Å². The van der Waals surface area contributed by atoms with Gasteiger partial charge in [-0.05, 0) is 31.9 Å². The molecule has 1 aromatic carbocycles. The molecule has 2 rings (SSSR count). The summed E-state index contributed by atoms with van der Waals surface area (Å²) < 4.78 is 18.3. The quantitative estimate of drug-likeness (QED) is 0.776. The van der Waals surface area contributed by atoms with Crippen molar-refractivity contribution in [2.75, 3.05) is 20.2 Å². The van der Waals surface area contributed by atoms with Crippen molar-refractivity contribution in [1.29, 1.82) is 0 Å². The second-order valence-corrected chi connectivity index (χ2v) is 6.16. The first-order valence-corrected chi connectivity index (χ1v) is 8.40. The monoisotopic (exact) mass is 336 g/mol. The number of hydrogen-bond acceptors (Lipinski definition) is 4. The average Bonchev–Trinajstić information content (AvgIpc) is 2.57. The number of carbonyl (C=O) groups excluding carboxylic acids is 2. The Balaban J connectivity index is 1.75. The van der Waals surface area contributed by atoms with Crippen LogP contribution in [-0.2, 0) is 20.9 Å². The molecular weight excluding hydrogens is 311 g/mol. The lowest BCUT2D eigenvalue weighted by Crippen LogP contribution is -2.47. The Morgan fingerprint density at radius 2 is 2.12 bits per heavy atom. The SMILES string of the molecule is COC(=O)CCCC(=O)NC1CCCN(Cc2ccccc2F)C1. The maximum atomic E-state index is 13.8. The van der Waals surface area contributed by atoms with Crippen LogP contribution in [0.1, 0.15) is 37.7 Å². The molecule has 5 nitrogen and oxygen atoms in total. The fourth-order valence-electron chi connectivity index (χ4n) is 2.98. The third-order valence-electron chi connectivity index (χ3n) is 4.23. The molecule has 1 N–H and O–H groups in total. The molecule has 1 aromatic rings. The standard InChI is InChI=1S/C18H25FN2O3/c1-24-18(23)10-4-9-17(22)20-15-7-5-11-21(13-15)12-14-6-2-3-8-16(14)19/h2-3,6,8,15H,4-5,7,9-13H2,1H3,(H,20,22). The molecule has 1 fully saturated rings. The summed E-state index contributed by atoms with van der Waals surface area (Å²) in [6.07, 6.45) is 2.97. The molecule has 6 heteroatoms. The van der Waals surface area contributed by atoms with Crippen LogP contribution >= 0.6 is 0 Å². The Kier molecular flexibility index (Phi) is 7.18. The Morgan fingerprint density at radius 1 is 1.33 bits per heavy atom. The van der Waals surface area contributed by atoms with Gasteiger partial charge in [0.15, 0.2) is 0 Å². The van der Waals surface area contributed by atoms with E-state index in [1.54, 1.807) is 12.1 Å². The molecule has 1 atom stereocenters. The van der Waals surface area contributed by atoms with Gasteiger partial charge in [-0.1, -0.05) is 18.2 Å². The lowest BCUT2D eigenvalue weighted by atomic mass is 10.0. The number of amides is 1. The number of esters is 1. The largest absolute Gasteiger partial charge is 0.469 e. The number of hydrogen-bond donors (Lipinski definition) is 1. The topological polar surface area (TPSA) is 58.6 Å². The summed E-state index contributed by atoms with van der Waals surface area (Å²) in [7, 11) is 1.34. The van der Waals surface area contributed by atoms with E-state index in [0.29, 0.717) is 24.9 Å². The van der Waals surface area contributed by atoms with Crippen molar-refractivity contribution in [3.05, 3.63) is 35.6 Å². The van der Waals surface area contributed by atoms with Crippen LogP contribution in [0.25, 0.3) is 0 Å². The molecule has 1 aliphatic rings. The normalized spacial score (nSPS) is 18.2. The predicted octanol–water partition coefficient (Wildman–Crippen LogP) is 2.25. The smallest absolute Gasteiger partial charge is 0.305 e. The number of nitrogens with zero attached hydrogens (tertiary/aromatic N) is 1. The van der Waals surface area contributed by atoms with Crippen LogP contribution < -0.4 is 5.32 Å². The molecular formula is C18H25FN2O3. The Hall–Kier alpha value is -1.95. The van der Waals surface area contributed by atoms with Gasteiger partial charge in [-0.25, -0.2) is 4.39 Å². The first-order valence-electron chi connectivity index (χ1n) is 8.40. The summed E-state index contributed by atoms with van der Waals surface area (Å²) in [5, 5.41) is 3.01. The minimum Gasteiger partial charge on any atom is -0.469 e. The minimum absolute atomic E-state index is 0.0448. The first-order chi connectivity index (χ1) is 11.6. The fourth-order valence-corrected chi connectivity index (χ4v) is 2.98. The van der Waals surface area contributed by atoms with Crippen molar-refractivity contribution in [2.24, 2.45) is 0 Å². The Bertz CT molecular complexity index is 565. The summed E-state index contributed by atoms with van der Waals surface area (Å²) in [6.45, 7) is 2.18. The molecule has 132 valence electrons. The van der Waals surface area contributed by atoms with Gasteiger partial charge in [-0.2, -0.15) is 0 Å². The number of benzene rings is 1. The third-order valence-corrected chi connectivity index (χ3v) is 4.23. The lowest BCUT2D eigenvalue weighted by Gasteiger charge is -2.33. The average molecular weight is 336 g/mol. The highest BCUT2D eigenvalue weighted by Crippen LogP contribution is 2.16. The summed E-state index contributed by atoms with van der Waals surface area (Å²) in [4.78, 5) is 25.2. The first kappa shape index (κ1) is 18.4. The molecule has 1 unspecified atom stereocenters. The van der Waals surface area contributed by atoms with Crippen LogP contribution in [0.5, 0.6) is 0 Å². The molecule has 0 aromatic heterocycles. The molecule has 0 spiro atoms. The minimum atomic E-state index is -0.295. The number of piperidine rings is 1. The van der Waals surface area contributed by atoms with Gasteiger partial charge in [-0.3, -0.25) is 14.5 Å². The van der Waals surface area contributed by atoms with Crippen molar-refractivity contribution < 1.29 is 18.7 Å². The van der Waals surface area contributed by atoms with Crippen molar-refractivity contribution in [2.45, 2.75) is 44.7 Å². The molecule has 1 amide bonds. The number of ether oxygens (including phenoxy) is 1. The van der Waals surface area contributed by atoms with Gasteiger partial charge in [0, 0.05) is 37.5 Å². The maximum absolute atomic E-state index is 13.8. The number of likely N-dealkylation sites (tertiary alicyclic amines) is 1. The van der Waals surface area contributed by atoms with Crippen LogP contribution in [0, 0.1) is 5.82 Å². The van der Waals surface area contributed by atoms with E-state index in [2.05, 4.69) is 15.0 Å². The summed E-state index contributed by atoms with van der Waals surface area (Å²) in [5.41, 5.74) is 0.683. The number of nitrogens with one attached hydrogen (secondary N) is 1. The van der Waals surface area contributed by atoms with Crippen LogP contribution in [0.2, 0.25) is 0 Å². The highest BCUT2D eigenvalue weighted by Gasteiger charge is 2.22. The zero-order valence-corrected chi connectivity index (χ0v) is 14.1. The van der Waals surface area contributed by atoms with Crippen LogP contribution in [-0.4, -0.2) is 43.0 Å². The highest BCUT2D eigenvalue weighted by molar-refractivity contribution is 5.77. The van der Waals surface area contributed by atoms with Crippen LogP contribution in [0.3, 0.4) is 0 Å². The van der Waals surface area contributed by atoms with Gasteiger partial charge in [-0.15, -0.1) is 0 Å². The fraction of sp³-hybridized carbons (Fsp3) is 0.556. The highest BCUT2D eigenvalue weighted by atomic mass is 19.1. The van der Waals surface area contributed by atoms with Gasteiger partial charge in [0.1, 0.15) is 5.82 Å². The van der Waals surface area contributed by atoms with E-state index in [1.165, 1.54) is 13.2 Å². The van der Waals surface area contributed by atoms with Gasteiger partial charge in [0.25, 0.3) is 0 Å². The van der Waals surface area contributed by atoms with Crippen molar-refractivity contribution in [1.82, 2.24) is 10.2 Å². The van der Waals surface area contributed by atoms with Gasteiger partial charge >= 0.3 is 5.97 Å². The van der Waals surface area contributed by atoms with E-state index in [9.17, 15) is 14.0 Å². The molecule has 0 saturated carbocycles. The second-order valence-electron chi connectivity index (χ2n) is 6.16. The Labute approximate surface area is 142 Å². The van der Waals surface area contributed by atoms with Crippen molar-refractivity contribution >= 4 is 11.9 Å². The van der Waals surface area contributed by atoms with Crippen LogP contribution in [0.15, 0.2) is 24.3 Å². The van der Waals surface area contributed by atoms with E-state index >= 15 is 0 Å². The molecule has 0 aliphatic carbocycles. The molecule has 1 saturated heterocycles. The summed E-state index contributed by atoms with van der Waals surface area (Å²) >= 11 is 0. The summed E-state index contributed by atoms with van der Waals surface area (Å²) in [5.74, 6) is -0.528. The Morgan fingerprint density at radius 3 is 2.88 bits per heavy atom. The van der Waals surface area contributed by atoms with E-state index in [4.69, 9.17) is 0 Å². The number of carbonyl (C=O) groups is 2. The number of methoxy groups -OCH3 is 1.